The first-order valence-corrected chi connectivity index (χ1v) is 8.00. The van der Waals surface area contributed by atoms with E-state index < -0.39 is 0 Å². The number of H-pyrrole nitrogens is 1. The van der Waals surface area contributed by atoms with Gasteiger partial charge in [0.2, 0.25) is 5.88 Å². The van der Waals surface area contributed by atoms with Crippen molar-refractivity contribution in [1.29, 1.82) is 0 Å². The molecule has 0 aliphatic heterocycles. The SMILES string of the molecule is Nc1ccccc1NC(=O)c1ccc(Cc2sc(=O)[nH]c2O)cc1. The second-order valence-corrected chi connectivity index (χ2v) is 6.27. The fourth-order valence-corrected chi connectivity index (χ4v) is 2.99. The molecule has 0 bridgehead atoms. The molecule has 0 atom stereocenters. The molecule has 0 unspecified atom stereocenters. The molecule has 0 fully saturated rings. The van der Waals surface area contributed by atoms with Crippen molar-refractivity contribution in [1.82, 2.24) is 4.98 Å². The number of para-hydroxylation sites is 2. The van der Waals surface area contributed by atoms with Crippen molar-refractivity contribution in [2.45, 2.75) is 6.42 Å². The molecule has 6 nitrogen and oxygen atoms in total. The minimum Gasteiger partial charge on any atom is -0.494 e. The Labute approximate surface area is 141 Å². The van der Waals surface area contributed by atoms with E-state index >= 15 is 0 Å². The lowest BCUT2D eigenvalue weighted by Gasteiger charge is -2.08. The Kier molecular flexibility index (Phi) is 4.35. The van der Waals surface area contributed by atoms with Gasteiger partial charge in [0.1, 0.15) is 0 Å². The fourth-order valence-electron chi connectivity index (χ4n) is 2.24. The number of nitrogens with one attached hydrogen (secondary N) is 2. The van der Waals surface area contributed by atoms with Crippen LogP contribution in [-0.4, -0.2) is 16.0 Å². The summed E-state index contributed by atoms with van der Waals surface area (Å²) in [4.78, 5) is 26.0. The van der Waals surface area contributed by atoms with Crippen LogP contribution in [0.4, 0.5) is 11.4 Å². The number of hydrogen-bond acceptors (Lipinski definition) is 5. The number of carbonyl (C=O) groups excluding carboxylic acids is 1. The molecule has 2 aromatic carbocycles. The van der Waals surface area contributed by atoms with Crippen LogP contribution in [0.1, 0.15) is 20.8 Å². The van der Waals surface area contributed by atoms with Crippen molar-refractivity contribution < 1.29 is 9.90 Å². The Morgan fingerprint density at radius 2 is 1.88 bits per heavy atom. The summed E-state index contributed by atoms with van der Waals surface area (Å²) in [5, 5.41) is 12.4. The van der Waals surface area contributed by atoms with E-state index in [1.54, 1.807) is 48.5 Å². The van der Waals surface area contributed by atoms with Gasteiger partial charge in [-0.1, -0.05) is 35.6 Å². The zero-order valence-corrected chi connectivity index (χ0v) is 13.4. The van der Waals surface area contributed by atoms with Crippen LogP contribution in [0, 0.1) is 0 Å². The number of rotatable bonds is 4. The lowest BCUT2D eigenvalue weighted by atomic mass is 10.1. The summed E-state index contributed by atoms with van der Waals surface area (Å²) >= 11 is 0.969. The molecule has 0 radical (unpaired) electrons. The highest BCUT2D eigenvalue weighted by Crippen LogP contribution is 2.21. The molecule has 7 heteroatoms. The molecule has 0 saturated heterocycles. The quantitative estimate of drug-likeness (QED) is 0.547. The topological polar surface area (TPSA) is 108 Å². The number of nitrogens with two attached hydrogens (primary N) is 1. The highest BCUT2D eigenvalue weighted by molar-refractivity contribution is 7.09. The lowest BCUT2D eigenvalue weighted by molar-refractivity contribution is 0.102. The van der Waals surface area contributed by atoms with E-state index in [1.807, 2.05) is 0 Å². The van der Waals surface area contributed by atoms with Gasteiger partial charge in [0.25, 0.3) is 5.91 Å². The molecule has 24 heavy (non-hydrogen) atoms. The van der Waals surface area contributed by atoms with Crippen molar-refractivity contribution in [3.05, 3.63) is 74.2 Å². The third-order valence-corrected chi connectivity index (χ3v) is 4.36. The average molecular weight is 341 g/mol. The van der Waals surface area contributed by atoms with Gasteiger partial charge in [-0.3, -0.25) is 14.6 Å². The maximum Gasteiger partial charge on any atom is 0.307 e. The smallest absolute Gasteiger partial charge is 0.307 e. The summed E-state index contributed by atoms with van der Waals surface area (Å²) in [6, 6.07) is 14.0. The van der Waals surface area contributed by atoms with Crippen molar-refractivity contribution in [3.63, 3.8) is 0 Å². The number of thiazole rings is 1. The van der Waals surface area contributed by atoms with E-state index in [1.165, 1.54) is 0 Å². The summed E-state index contributed by atoms with van der Waals surface area (Å²) in [7, 11) is 0. The van der Waals surface area contributed by atoms with Crippen LogP contribution in [0.25, 0.3) is 0 Å². The Morgan fingerprint density at radius 1 is 1.17 bits per heavy atom. The monoisotopic (exact) mass is 341 g/mol. The van der Waals surface area contributed by atoms with Gasteiger partial charge in [-0.2, -0.15) is 0 Å². The molecule has 1 heterocycles. The standard InChI is InChI=1S/C17H15N3O3S/c18-12-3-1-2-4-13(12)19-15(21)11-7-5-10(6-8-11)9-14-16(22)20-17(23)24-14/h1-8,22H,9,18H2,(H,19,21)(H,20,23). The Bertz CT molecular complexity index is 929. The van der Waals surface area contributed by atoms with Crippen LogP contribution >= 0.6 is 11.3 Å². The second kappa shape index (κ2) is 6.59. The van der Waals surface area contributed by atoms with Crippen LogP contribution < -0.4 is 15.9 Å². The fraction of sp³-hybridized carbons (Fsp3) is 0.0588. The largest absolute Gasteiger partial charge is 0.494 e. The highest BCUT2D eigenvalue weighted by Gasteiger charge is 2.10. The van der Waals surface area contributed by atoms with Gasteiger partial charge in [-0.05, 0) is 29.8 Å². The summed E-state index contributed by atoms with van der Waals surface area (Å²) < 4.78 is 0. The van der Waals surface area contributed by atoms with Crippen LogP contribution in [0.15, 0.2) is 53.3 Å². The number of hydrogen-bond donors (Lipinski definition) is 4. The van der Waals surface area contributed by atoms with Crippen LogP contribution in [0.2, 0.25) is 0 Å². The van der Waals surface area contributed by atoms with E-state index in [4.69, 9.17) is 5.73 Å². The van der Waals surface area contributed by atoms with E-state index in [2.05, 4.69) is 10.3 Å². The molecule has 0 aliphatic rings. The normalized spacial score (nSPS) is 10.5. The Hall–Kier alpha value is -3.06. The van der Waals surface area contributed by atoms with Crippen LogP contribution in [0.5, 0.6) is 5.88 Å². The molecule has 3 aromatic rings. The maximum atomic E-state index is 12.2. The van der Waals surface area contributed by atoms with Crippen molar-refractivity contribution in [3.8, 4) is 5.88 Å². The number of carbonyl (C=O) groups is 1. The number of nitrogen functional groups attached to an aromatic ring is 1. The minimum absolute atomic E-state index is 0.105. The second-order valence-electron chi connectivity index (χ2n) is 5.20. The number of benzene rings is 2. The van der Waals surface area contributed by atoms with Gasteiger partial charge in [0.05, 0.1) is 16.3 Å². The summed E-state index contributed by atoms with van der Waals surface area (Å²) in [5.74, 6) is -0.361. The minimum atomic E-state index is -0.293. The zero-order valence-electron chi connectivity index (χ0n) is 12.6. The highest BCUT2D eigenvalue weighted by atomic mass is 32.1. The first kappa shape index (κ1) is 15.8. The summed E-state index contributed by atoms with van der Waals surface area (Å²) in [6.07, 6.45) is 0.419. The molecular weight excluding hydrogens is 326 g/mol. The van der Waals surface area contributed by atoms with E-state index in [-0.39, 0.29) is 16.7 Å². The number of aromatic amines is 1. The molecule has 0 saturated carbocycles. The average Bonchev–Trinajstić information content (AvgIpc) is 2.88. The van der Waals surface area contributed by atoms with Gasteiger partial charge >= 0.3 is 4.87 Å². The third kappa shape index (κ3) is 3.47. The molecule has 122 valence electrons. The number of anilines is 2. The molecule has 5 N–H and O–H groups in total. The van der Waals surface area contributed by atoms with Crippen LogP contribution in [0.3, 0.4) is 0 Å². The van der Waals surface area contributed by atoms with Gasteiger partial charge in [-0.25, -0.2) is 0 Å². The van der Waals surface area contributed by atoms with Crippen LogP contribution in [-0.2, 0) is 6.42 Å². The third-order valence-electron chi connectivity index (χ3n) is 3.49. The maximum absolute atomic E-state index is 12.2. The van der Waals surface area contributed by atoms with E-state index in [9.17, 15) is 14.7 Å². The summed E-state index contributed by atoms with van der Waals surface area (Å²) in [5.41, 5.74) is 8.25. The van der Waals surface area contributed by atoms with Gasteiger partial charge in [0, 0.05) is 12.0 Å². The van der Waals surface area contributed by atoms with Crippen molar-refractivity contribution in [2.75, 3.05) is 11.1 Å². The number of amides is 1. The lowest BCUT2D eigenvalue weighted by Crippen LogP contribution is -2.13. The summed E-state index contributed by atoms with van der Waals surface area (Å²) in [6.45, 7) is 0. The molecular formula is C17H15N3O3S. The van der Waals surface area contributed by atoms with Crippen molar-refractivity contribution >= 4 is 28.6 Å². The number of aromatic nitrogens is 1. The first-order chi connectivity index (χ1) is 11.5. The van der Waals surface area contributed by atoms with Crippen molar-refractivity contribution in [2.24, 2.45) is 0 Å². The molecule has 0 spiro atoms. The van der Waals surface area contributed by atoms with Gasteiger partial charge < -0.3 is 16.2 Å². The predicted molar refractivity (Wildman–Crippen MR) is 94.7 cm³/mol. The van der Waals surface area contributed by atoms with Gasteiger partial charge in [0.15, 0.2) is 0 Å². The molecule has 3 rings (SSSR count). The molecule has 1 amide bonds. The number of aromatic hydroxyl groups is 1. The van der Waals surface area contributed by atoms with E-state index in [0.29, 0.717) is 28.2 Å². The van der Waals surface area contributed by atoms with E-state index in [0.717, 1.165) is 16.9 Å². The molecule has 1 aromatic heterocycles. The molecule has 0 aliphatic carbocycles. The zero-order chi connectivity index (χ0) is 17.1. The Balaban J connectivity index is 1.72. The first-order valence-electron chi connectivity index (χ1n) is 7.18. The Morgan fingerprint density at radius 3 is 2.50 bits per heavy atom. The predicted octanol–water partition coefficient (Wildman–Crippen LogP) is 2.57. The van der Waals surface area contributed by atoms with Gasteiger partial charge in [-0.15, -0.1) is 0 Å².